The molecule has 4 unspecified atom stereocenters. The van der Waals surface area contributed by atoms with Crippen molar-refractivity contribution in [3.8, 4) is 0 Å². The van der Waals surface area contributed by atoms with Crippen LogP contribution in [0.5, 0.6) is 0 Å². The Balaban J connectivity index is 1.85. The molecule has 2 aliphatic rings. The van der Waals surface area contributed by atoms with E-state index in [9.17, 15) is 0 Å². The second-order valence-electron chi connectivity index (χ2n) is 7.29. The van der Waals surface area contributed by atoms with Gasteiger partial charge < -0.3 is 5.32 Å². The number of nitrogens with one attached hydrogen (secondary N) is 1. The van der Waals surface area contributed by atoms with Gasteiger partial charge in [0.25, 0.3) is 0 Å². The van der Waals surface area contributed by atoms with Crippen LogP contribution in [0.1, 0.15) is 66.2 Å². The molecule has 0 radical (unpaired) electrons. The van der Waals surface area contributed by atoms with Gasteiger partial charge in [-0.15, -0.1) is 0 Å². The Kier molecular flexibility index (Phi) is 3.63. The molecule has 2 rings (SSSR count). The molecule has 2 aliphatic carbocycles. The van der Waals surface area contributed by atoms with E-state index in [1.54, 1.807) is 0 Å². The van der Waals surface area contributed by atoms with E-state index in [4.69, 9.17) is 0 Å². The molecule has 1 nitrogen and oxygen atoms in total. The molecule has 0 amide bonds. The molecule has 1 heteroatoms. The Bertz CT molecular complexity index is 234. The highest BCUT2D eigenvalue weighted by Gasteiger charge is 2.37. The minimum Gasteiger partial charge on any atom is -0.311 e. The quantitative estimate of drug-likeness (QED) is 0.746. The maximum absolute atomic E-state index is 3.95. The summed E-state index contributed by atoms with van der Waals surface area (Å²) in [4.78, 5) is 0. The Hall–Kier alpha value is -0.0400. The van der Waals surface area contributed by atoms with Crippen LogP contribution in [0, 0.1) is 17.3 Å². The number of rotatable bonds is 2. The Morgan fingerprint density at radius 2 is 1.81 bits per heavy atom. The van der Waals surface area contributed by atoms with Crippen molar-refractivity contribution >= 4 is 0 Å². The fraction of sp³-hybridized carbons (Fsp3) is 1.00. The van der Waals surface area contributed by atoms with Gasteiger partial charge in [-0.2, -0.15) is 0 Å². The van der Waals surface area contributed by atoms with Gasteiger partial charge in [0.2, 0.25) is 0 Å². The Morgan fingerprint density at radius 3 is 2.38 bits per heavy atom. The molecule has 2 fully saturated rings. The Morgan fingerprint density at radius 1 is 1.06 bits per heavy atom. The monoisotopic (exact) mass is 223 g/mol. The van der Waals surface area contributed by atoms with Crippen molar-refractivity contribution in [2.45, 2.75) is 78.3 Å². The first kappa shape index (κ1) is 12.4. The SMILES string of the molecule is CC1CCCC(NC2CC(C)(C)CC2C)C1. The van der Waals surface area contributed by atoms with Crippen LogP contribution in [0.25, 0.3) is 0 Å². The van der Waals surface area contributed by atoms with Crippen molar-refractivity contribution in [3.05, 3.63) is 0 Å². The molecular formula is C15H29N. The van der Waals surface area contributed by atoms with Gasteiger partial charge in [-0.25, -0.2) is 0 Å². The summed E-state index contributed by atoms with van der Waals surface area (Å²) < 4.78 is 0. The fourth-order valence-electron chi connectivity index (χ4n) is 4.01. The highest BCUT2D eigenvalue weighted by Crippen LogP contribution is 2.41. The predicted molar refractivity (Wildman–Crippen MR) is 70.5 cm³/mol. The summed E-state index contributed by atoms with van der Waals surface area (Å²) in [6.07, 6.45) is 8.47. The summed E-state index contributed by atoms with van der Waals surface area (Å²) in [6, 6.07) is 1.59. The molecule has 0 aliphatic heterocycles. The lowest BCUT2D eigenvalue weighted by Crippen LogP contribution is -2.42. The molecule has 0 bridgehead atoms. The van der Waals surface area contributed by atoms with Crippen molar-refractivity contribution in [2.75, 3.05) is 0 Å². The van der Waals surface area contributed by atoms with Gasteiger partial charge in [0, 0.05) is 12.1 Å². The standard InChI is InChI=1S/C15H29N/c1-11-6-5-7-13(8-11)16-14-10-15(3,4)9-12(14)2/h11-14,16H,5-10H2,1-4H3. The lowest BCUT2D eigenvalue weighted by molar-refractivity contribution is 0.261. The molecule has 0 aromatic rings. The third-order valence-electron chi connectivity index (χ3n) is 4.72. The number of hydrogen-bond donors (Lipinski definition) is 1. The molecule has 2 saturated carbocycles. The predicted octanol–water partition coefficient (Wildman–Crippen LogP) is 3.98. The molecular weight excluding hydrogens is 194 g/mol. The first-order valence-corrected chi connectivity index (χ1v) is 7.22. The van der Waals surface area contributed by atoms with E-state index in [0.29, 0.717) is 5.41 Å². The second kappa shape index (κ2) is 4.68. The van der Waals surface area contributed by atoms with Gasteiger partial charge in [-0.05, 0) is 42.9 Å². The van der Waals surface area contributed by atoms with Gasteiger partial charge in [0.15, 0.2) is 0 Å². The highest BCUT2D eigenvalue weighted by molar-refractivity contribution is 4.93. The molecule has 16 heavy (non-hydrogen) atoms. The van der Waals surface area contributed by atoms with Crippen LogP contribution in [0.15, 0.2) is 0 Å². The third kappa shape index (κ3) is 3.00. The van der Waals surface area contributed by atoms with Crippen molar-refractivity contribution < 1.29 is 0 Å². The van der Waals surface area contributed by atoms with Crippen LogP contribution in [-0.4, -0.2) is 12.1 Å². The van der Waals surface area contributed by atoms with Crippen molar-refractivity contribution in [3.63, 3.8) is 0 Å². The molecule has 0 heterocycles. The van der Waals surface area contributed by atoms with Crippen molar-refractivity contribution in [2.24, 2.45) is 17.3 Å². The number of hydrogen-bond acceptors (Lipinski definition) is 1. The smallest absolute Gasteiger partial charge is 0.0101 e. The highest BCUT2D eigenvalue weighted by atomic mass is 15.0. The van der Waals surface area contributed by atoms with E-state index in [0.717, 1.165) is 23.9 Å². The van der Waals surface area contributed by atoms with E-state index in [2.05, 4.69) is 33.0 Å². The molecule has 94 valence electrons. The fourth-order valence-corrected chi connectivity index (χ4v) is 4.01. The van der Waals surface area contributed by atoms with Gasteiger partial charge in [-0.3, -0.25) is 0 Å². The summed E-state index contributed by atoms with van der Waals surface area (Å²) in [5.74, 6) is 1.81. The van der Waals surface area contributed by atoms with Crippen LogP contribution in [0.2, 0.25) is 0 Å². The summed E-state index contributed by atoms with van der Waals surface area (Å²) in [5, 5.41) is 3.95. The zero-order valence-electron chi connectivity index (χ0n) is 11.6. The summed E-state index contributed by atoms with van der Waals surface area (Å²) in [6.45, 7) is 9.69. The summed E-state index contributed by atoms with van der Waals surface area (Å²) >= 11 is 0. The maximum atomic E-state index is 3.95. The first-order chi connectivity index (χ1) is 7.46. The van der Waals surface area contributed by atoms with Gasteiger partial charge in [0.05, 0.1) is 0 Å². The molecule has 0 aromatic carbocycles. The molecule has 4 atom stereocenters. The average molecular weight is 223 g/mol. The molecule has 0 spiro atoms. The first-order valence-electron chi connectivity index (χ1n) is 7.22. The average Bonchev–Trinajstić information content (AvgIpc) is 2.39. The zero-order valence-corrected chi connectivity index (χ0v) is 11.6. The van der Waals surface area contributed by atoms with Crippen LogP contribution in [-0.2, 0) is 0 Å². The van der Waals surface area contributed by atoms with Gasteiger partial charge in [-0.1, -0.05) is 40.5 Å². The minimum atomic E-state index is 0.567. The van der Waals surface area contributed by atoms with Crippen LogP contribution in [0.3, 0.4) is 0 Å². The second-order valence-corrected chi connectivity index (χ2v) is 7.29. The van der Waals surface area contributed by atoms with Gasteiger partial charge >= 0.3 is 0 Å². The zero-order chi connectivity index (χ0) is 11.8. The van der Waals surface area contributed by atoms with E-state index < -0.39 is 0 Å². The Labute approximate surface area is 101 Å². The van der Waals surface area contributed by atoms with E-state index in [1.807, 2.05) is 0 Å². The van der Waals surface area contributed by atoms with Gasteiger partial charge in [0.1, 0.15) is 0 Å². The lowest BCUT2D eigenvalue weighted by atomic mass is 9.86. The van der Waals surface area contributed by atoms with E-state index in [-0.39, 0.29) is 0 Å². The molecule has 1 N–H and O–H groups in total. The third-order valence-corrected chi connectivity index (χ3v) is 4.72. The largest absolute Gasteiger partial charge is 0.311 e. The van der Waals surface area contributed by atoms with Crippen LogP contribution >= 0.6 is 0 Å². The molecule has 0 saturated heterocycles. The van der Waals surface area contributed by atoms with Crippen LogP contribution < -0.4 is 5.32 Å². The topological polar surface area (TPSA) is 12.0 Å². The maximum Gasteiger partial charge on any atom is 0.0101 e. The van der Waals surface area contributed by atoms with E-state index in [1.165, 1.54) is 38.5 Å². The van der Waals surface area contributed by atoms with Crippen molar-refractivity contribution in [1.29, 1.82) is 0 Å². The lowest BCUT2D eigenvalue weighted by Gasteiger charge is -2.31. The normalized spacial score (nSPS) is 43.5. The van der Waals surface area contributed by atoms with Crippen molar-refractivity contribution in [1.82, 2.24) is 5.32 Å². The summed E-state index contributed by atoms with van der Waals surface area (Å²) in [7, 11) is 0. The summed E-state index contributed by atoms with van der Waals surface area (Å²) in [5.41, 5.74) is 0.567. The molecule has 0 aromatic heterocycles. The van der Waals surface area contributed by atoms with E-state index >= 15 is 0 Å². The van der Waals surface area contributed by atoms with Crippen LogP contribution in [0.4, 0.5) is 0 Å². The minimum absolute atomic E-state index is 0.567.